The van der Waals surface area contributed by atoms with Crippen LogP contribution in [-0.4, -0.2) is 12.5 Å². The van der Waals surface area contributed by atoms with Gasteiger partial charge in [-0.3, -0.25) is 10.1 Å². The number of hydrogen-bond acceptors (Lipinski definition) is 3. The van der Waals surface area contributed by atoms with Crippen molar-refractivity contribution in [1.29, 1.82) is 5.26 Å². The van der Waals surface area contributed by atoms with Gasteiger partial charge < -0.3 is 4.74 Å². The molecule has 1 amide bonds. The van der Waals surface area contributed by atoms with E-state index in [1.165, 1.54) is 6.19 Å². The number of hydrogen-bond donors (Lipinski definition) is 1. The largest absolute Gasteiger partial charge is 0.484 e. The molecule has 0 aliphatic rings. The number of rotatable bonds is 3. The minimum atomic E-state index is -0.452. The smallest absolute Gasteiger partial charge is 0.270 e. The second-order valence-corrected chi connectivity index (χ2v) is 2.26. The van der Waals surface area contributed by atoms with Crippen molar-refractivity contribution in [2.75, 3.05) is 6.61 Å². The van der Waals surface area contributed by atoms with E-state index >= 15 is 0 Å². The zero-order valence-corrected chi connectivity index (χ0v) is 6.86. The van der Waals surface area contributed by atoms with Gasteiger partial charge in [-0.05, 0) is 12.1 Å². The summed E-state index contributed by atoms with van der Waals surface area (Å²) in [6.07, 6.45) is 1.52. The Hall–Kier alpha value is -2.02. The highest BCUT2D eigenvalue weighted by Gasteiger charge is 1.99. The van der Waals surface area contributed by atoms with Crippen molar-refractivity contribution in [2.24, 2.45) is 0 Å². The molecule has 0 saturated heterocycles. The molecule has 0 fully saturated rings. The first-order valence-corrected chi connectivity index (χ1v) is 3.68. The van der Waals surface area contributed by atoms with Gasteiger partial charge in [0.05, 0.1) is 0 Å². The minimum absolute atomic E-state index is 0.141. The molecule has 0 aliphatic carbocycles. The molecule has 0 heterocycles. The fourth-order valence-corrected chi connectivity index (χ4v) is 0.764. The van der Waals surface area contributed by atoms with Gasteiger partial charge in [0.2, 0.25) is 0 Å². The summed E-state index contributed by atoms with van der Waals surface area (Å²) in [6, 6.07) is 8.93. The summed E-state index contributed by atoms with van der Waals surface area (Å²) in [5.74, 6) is 0.155. The number of nitrogens with zero attached hydrogens (tertiary/aromatic N) is 1. The molecule has 1 N–H and O–H groups in total. The first-order valence-electron chi connectivity index (χ1n) is 3.68. The number of benzene rings is 1. The Morgan fingerprint density at radius 3 is 2.77 bits per heavy atom. The Balaban J connectivity index is 2.36. The molecule has 0 aliphatic heterocycles. The molecule has 0 unspecified atom stereocenters. The summed E-state index contributed by atoms with van der Waals surface area (Å²) in [5.41, 5.74) is 0. The van der Waals surface area contributed by atoms with Crippen molar-refractivity contribution in [3.8, 4) is 11.9 Å². The Bertz CT molecular complexity index is 316. The van der Waals surface area contributed by atoms with Crippen molar-refractivity contribution < 1.29 is 9.53 Å². The Labute approximate surface area is 75.7 Å². The molecule has 4 nitrogen and oxygen atoms in total. The maximum absolute atomic E-state index is 10.8. The summed E-state index contributed by atoms with van der Waals surface area (Å²) in [6.45, 7) is -0.141. The molecule has 0 spiro atoms. The maximum Gasteiger partial charge on any atom is 0.270 e. The normalized spacial score (nSPS) is 8.54. The molecule has 66 valence electrons. The van der Waals surface area contributed by atoms with Crippen LogP contribution in [0.1, 0.15) is 0 Å². The van der Waals surface area contributed by atoms with E-state index in [4.69, 9.17) is 10.00 Å². The Morgan fingerprint density at radius 2 is 2.15 bits per heavy atom. The summed E-state index contributed by atoms with van der Waals surface area (Å²) in [4.78, 5) is 10.8. The molecule has 1 aromatic carbocycles. The molecular weight excluding hydrogens is 168 g/mol. The number of nitriles is 1. The van der Waals surface area contributed by atoms with Crippen LogP contribution in [0.3, 0.4) is 0 Å². The van der Waals surface area contributed by atoms with Crippen LogP contribution in [0, 0.1) is 11.5 Å². The van der Waals surface area contributed by atoms with E-state index in [1.807, 2.05) is 11.4 Å². The average molecular weight is 176 g/mol. The maximum atomic E-state index is 10.8. The Morgan fingerprint density at radius 1 is 1.46 bits per heavy atom. The molecule has 0 atom stereocenters. The van der Waals surface area contributed by atoms with E-state index in [-0.39, 0.29) is 6.61 Å². The first kappa shape index (κ1) is 9.07. The lowest BCUT2D eigenvalue weighted by molar-refractivity contribution is -0.121. The van der Waals surface area contributed by atoms with Gasteiger partial charge in [-0.15, -0.1) is 0 Å². The van der Waals surface area contributed by atoms with E-state index in [2.05, 4.69) is 0 Å². The van der Waals surface area contributed by atoms with Crippen molar-refractivity contribution in [3.05, 3.63) is 30.3 Å². The highest BCUT2D eigenvalue weighted by molar-refractivity contribution is 5.78. The van der Waals surface area contributed by atoms with Crippen LogP contribution < -0.4 is 10.1 Å². The monoisotopic (exact) mass is 176 g/mol. The minimum Gasteiger partial charge on any atom is -0.484 e. The van der Waals surface area contributed by atoms with Crippen LogP contribution in [0.4, 0.5) is 0 Å². The summed E-state index contributed by atoms with van der Waals surface area (Å²) < 4.78 is 5.06. The van der Waals surface area contributed by atoms with Crippen LogP contribution in [0.2, 0.25) is 0 Å². The third-order valence-electron chi connectivity index (χ3n) is 1.31. The van der Waals surface area contributed by atoms with Crippen molar-refractivity contribution in [3.63, 3.8) is 0 Å². The van der Waals surface area contributed by atoms with Gasteiger partial charge in [0.25, 0.3) is 5.91 Å². The van der Waals surface area contributed by atoms with Gasteiger partial charge in [-0.1, -0.05) is 18.2 Å². The van der Waals surface area contributed by atoms with Crippen LogP contribution >= 0.6 is 0 Å². The van der Waals surface area contributed by atoms with Gasteiger partial charge >= 0.3 is 0 Å². The fourth-order valence-electron chi connectivity index (χ4n) is 0.764. The van der Waals surface area contributed by atoms with Gasteiger partial charge in [0.15, 0.2) is 12.8 Å². The van der Waals surface area contributed by atoms with Gasteiger partial charge in [-0.2, -0.15) is 5.26 Å². The quantitative estimate of drug-likeness (QED) is 0.543. The summed E-state index contributed by atoms with van der Waals surface area (Å²) in [5, 5.41) is 10.1. The second kappa shape index (κ2) is 4.78. The van der Waals surface area contributed by atoms with E-state index in [1.54, 1.807) is 24.3 Å². The third-order valence-corrected chi connectivity index (χ3v) is 1.31. The zero-order valence-electron chi connectivity index (χ0n) is 6.86. The predicted octanol–water partition coefficient (Wildman–Crippen LogP) is 0.663. The number of carbonyl (C=O) groups excluding carboxylic acids is 1. The average Bonchev–Trinajstić information content (AvgIpc) is 2.17. The molecular formula is C9H8N2O2. The molecule has 0 aromatic heterocycles. The number of para-hydroxylation sites is 1. The van der Waals surface area contributed by atoms with E-state index in [9.17, 15) is 4.79 Å². The third kappa shape index (κ3) is 3.25. The second-order valence-electron chi connectivity index (χ2n) is 2.26. The topological polar surface area (TPSA) is 62.1 Å². The highest BCUT2D eigenvalue weighted by atomic mass is 16.5. The summed E-state index contributed by atoms with van der Waals surface area (Å²) in [7, 11) is 0. The van der Waals surface area contributed by atoms with Crippen LogP contribution in [0.15, 0.2) is 30.3 Å². The van der Waals surface area contributed by atoms with Gasteiger partial charge in [-0.25, -0.2) is 0 Å². The van der Waals surface area contributed by atoms with E-state index in [0.717, 1.165) is 0 Å². The lowest BCUT2D eigenvalue weighted by Crippen LogP contribution is -2.24. The molecule has 0 bridgehead atoms. The Kier molecular flexibility index (Phi) is 3.33. The van der Waals surface area contributed by atoms with Gasteiger partial charge in [0, 0.05) is 0 Å². The molecule has 4 heteroatoms. The van der Waals surface area contributed by atoms with Crippen molar-refractivity contribution in [1.82, 2.24) is 5.32 Å². The highest BCUT2D eigenvalue weighted by Crippen LogP contribution is 2.07. The van der Waals surface area contributed by atoms with Crippen molar-refractivity contribution >= 4 is 5.91 Å². The van der Waals surface area contributed by atoms with E-state index in [0.29, 0.717) is 5.75 Å². The lowest BCUT2D eigenvalue weighted by atomic mass is 10.3. The van der Waals surface area contributed by atoms with Crippen molar-refractivity contribution in [2.45, 2.75) is 0 Å². The predicted molar refractivity (Wildman–Crippen MR) is 45.7 cm³/mol. The lowest BCUT2D eigenvalue weighted by Gasteiger charge is -2.02. The molecule has 1 rings (SSSR count). The zero-order chi connectivity index (χ0) is 9.52. The van der Waals surface area contributed by atoms with Gasteiger partial charge in [0.1, 0.15) is 5.75 Å². The first-order chi connectivity index (χ1) is 6.33. The van der Waals surface area contributed by atoms with Crippen LogP contribution in [0.5, 0.6) is 5.75 Å². The number of nitrogens with one attached hydrogen (secondary N) is 1. The standard InChI is InChI=1S/C9H8N2O2/c10-7-11-9(12)6-13-8-4-2-1-3-5-8/h1-5H,6H2,(H,11,12). The molecule has 0 saturated carbocycles. The number of ether oxygens (including phenoxy) is 1. The SMILES string of the molecule is N#CNC(=O)COc1ccccc1. The van der Waals surface area contributed by atoms with Crippen LogP contribution in [0.25, 0.3) is 0 Å². The molecule has 13 heavy (non-hydrogen) atoms. The number of carbonyl (C=O) groups is 1. The fraction of sp³-hybridized carbons (Fsp3) is 0.111. The van der Waals surface area contributed by atoms with Crippen LogP contribution in [-0.2, 0) is 4.79 Å². The van der Waals surface area contributed by atoms with E-state index < -0.39 is 5.91 Å². The number of amides is 1. The molecule has 1 aromatic rings. The summed E-state index contributed by atoms with van der Waals surface area (Å²) >= 11 is 0. The molecule has 0 radical (unpaired) electrons.